The zero-order valence-corrected chi connectivity index (χ0v) is 15.5. The molecule has 4 aromatic rings. The van der Waals surface area contributed by atoms with Crippen molar-refractivity contribution in [2.45, 2.75) is 13.3 Å². The fourth-order valence-corrected chi connectivity index (χ4v) is 3.62. The molecule has 4 heterocycles. The smallest absolute Gasteiger partial charge is 0.254 e. The number of nitrogens with one attached hydrogen (secondary N) is 2. The second-order valence-corrected chi connectivity index (χ2v) is 6.90. The lowest BCUT2D eigenvalue weighted by molar-refractivity contribution is 0.0953. The molecule has 8 heteroatoms. The fraction of sp³-hybridized carbons (Fsp3) is 0.158. The number of hydrogen-bond acceptors (Lipinski definition) is 5. The molecular weight excluding hydrogens is 360 g/mol. The van der Waals surface area contributed by atoms with Gasteiger partial charge in [-0.3, -0.25) is 4.79 Å². The quantitative estimate of drug-likeness (QED) is 0.540. The molecule has 0 radical (unpaired) electrons. The molecule has 4 aromatic heterocycles. The third kappa shape index (κ3) is 3.52. The second-order valence-electron chi connectivity index (χ2n) is 5.96. The molecular formula is C19H18N6OS. The molecule has 0 unspecified atom stereocenters. The molecule has 27 heavy (non-hydrogen) atoms. The summed E-state index contributed by atoms with van der Waals surface area (Å²) in [6.45, 7) is 2.37. The normalized spacial score (nSPS) is 10.9. The fourth-order valence-electron chi connectivity index (χ4n) is 2.88. The summed E-state index contributed by atoms with van der Waals surface area (Å²) in [5, 5.41) is 9.28. The zero-order valence-electron chi connectivity index (χ0n) is 14.7. The summed E-state index contributed by atoms with van der Waals surface area (Å²) < 4.78 is 1.67. The molecule has 0 aliphatic rings. The maximum Gasteiger partial charge on any atom is 0.254 e. The van der Waals surface area contributed by atoms with E-state index in [1.165, 1.54) is 0 Å². The highest BCUT2D eigenvalue weighted by Gasteiger charge is 2.16. The maximum atomic E-state index is 12.5. The van der Waals surface area contributed by atoms with Gasteiger partial charge in [0.15, 0.2) is 5.82 Å². The van der Waals surface area contributed by atoms with Crippen molar-refractivity contribution in [1.29, 1.82) is 0 Å². The molecule has 2 N–H and O–H groups in total. The van der Waals surface area contributed by atoms with E-state index in [0.717, 1.165) is 22.0 Å². The van der Waals surface area contributed by atoms with Gasteiger partial charge in [0.1, 0.15) is 5.69 Å². The highest BCUT2D eigenvalue weighted by atomic mass is 32.1. The van der Waals surface area contributed by atoms with Crippen molar-refractivity contribution >= 4 is 17.2 Å². The van der Waals surface area contributed by atoms with Crippen molar-refractivity contribution in [2.75, 3.05) is 6.54 Å². The van der Waals surface area contributed by atoms with Gasteiger partial charge in [0, 0.05) is 24.9 Å². The average molecular weight is 378 g/mol. The average Bonchev–Trinajstić information content (AvgIpc) is 3.43. The standard InChI is InChI=1S/C19H18N6OS/c1-13-14(11-24-25(13)17-6-2-3-8-20-17)19(26)21-9-7-15-18(23-12-22-15)16-5-4-10-27-16/h2-6,8,10-12H,7,9H2,1H3,(H,21,26)(H,22,23). The SMILES string of the molecule is Cc1c(C(=O)NCCc2[nH]cnc2-c2cccs2)cnn1-c1ccccn1. The monoisotopic (exact) mass is 378 g/mol. The first kappa shape index (κ1) is 17.2. The van der Waals surface area contributed by atoms with Crippen LogP contribution in [0.25, 0.3) is 16.4 Å². The summed E-state index contributed by atoms with van der Waals surface area (Å²) in [6, 6.07) is 9.63. The van der Waals surface area contributed by atoms with Gasteiger partial charge in [-0.25, -0.2) is 14.6 Å². The number of carbonyl (C=O) groups excluding carboxylic acids is 1. The number of imidazole rings is 1. The van der Waals surface area contributed by atoms with Crippen molar-refractivity contribution in [3.63, 3.8) is 0 Å². The Balaban J connectivity index is 1.41. The summed E-state index contributed by atoms with van der Waals surface area (Å²) in [4.78, 5) is 25.5. The van der Waals surface area contributed by atoms with E-state index in [2.05, 4.69) is 25.4 Å². The van der Waals surface area contributed by atoms with Crippen molar-refractivity contribution < 1.29 is 4.79 Å². The zero-order chi connectivity index (χ0) is 18.6. The molecule has 0 saturated carbocycles. The van der Waals surface area contributed by atoms with Gasteiger partial charge < -0.3 is 10.3 Å². The van der Waals surface area contributed by atoms with E-state index < -0.39 is 0 Å². The van der Waals surface area contributed by atoms with E-state index in [1.54, 1.807) is 34.7 Å². The van der Waals surface area contributed by atoms with Crippen LogP contribution in [-0.2, 0) is 6.42 Å². The lowest BCUT2D eigenvalue weighted by Gasteiger charge is -2.06. The predicted octanol–water partition coefficient (Wildman–Crippen LogP) is 3.00. The first-order valence-corrected chi connectivity index (χ1v) is 9.42. The number of thiophene rings is 1. The Morgan fingerprint density at radius 3 is 2.96 bits per heavy atom. The van der Waals surface area contributed by atoms with E-state index in [9.17, 15) is 4.79 Å². The molecule has 0 aliphatic heterocycles. The van der Waals surface area contributed by atoms with Crippen molar-refractivity contribution in [2.24, 2.45) is 0 Å². The van der Waals surface area contributed by atoms with Gasteiger partial charge in [0.2, 0.25) is 0 Å². The molecule has 4 rings (SSSR count). The first-order chi connectivity index (χ1) is 13.2. The topological polar surface area (TPSA) is 88.5 Å². The Kier molecular flexibility index (Phi) is 4.80. The number of rotatable bonds is 6. The third-order valence-electron chi connectivity index (χ3n) is 4.25. The van der Waals surface area contributed by atoms with Crippen molar-refractivity contribution in [3.05, 3.63) is 71.4 Å². The minimum absolute atomic E-state index is 0.146. The number of H-pyrrole nitrogens is 1. The molecule has 136 valence electrons. The van der Waals surface area contributed by atoms with Crippen LogP contribution in [-0.4, -0.2) is 37.2 Å². The van der Waals surface area contributed by atoms with Crippen LogP contribution in [0.1, 0.15) is 21.7 Å². The molecule has 0 fully saturated rings. The van der Waals surface area contributed by atoms with Gasteiger partial charge in [-0.1, -0.05) is 12.1 Å². The molecule has 0 aliphatic carbocycles. The van der Waals surface area contributed by atoms with Crippen LogP contribution in [0, 0.1) is 6.92 Å². The Hall–Kier alpha value is -3.26. The summed E-state index contributed by atoms with van der Waals surface area (Å²) in [5.74, 6) is 0.541. The number of carbonyl (C=O) groups is 1. The van der Waals surface area contributed by atoms with E-state index in [4.69, 9.17) is 0 Å². The minimum Gasteiger partial charge on any atom is -0.352 e. The number of aromatic nitrogens is 5. The molecule has 0 aromatic carbocycles. The van der Waals surface area contributed by atoms with Crippen molar-refractivity contribution in [1.82, 2.24) is 30.0 Å². The summed E-state index contributed by atoms with van der Waals surface area (Å²) >= 11 is 1.65. The van der Waals surface area contributed by atoms with Gasteiger partial charge in [-0.15, -0.1) is 11.3 Å². The van der Waals surface area contributed by atoms with Gasteiger partial charge >= 0.3 is 0 Å². The summed E-state index contributed by atoms with van der Waals surface area (Å²) in [6.07, 6.45) is 5.64. The van der Waals surface area contributed by atoms with E-state index in [1.807, 2.05) is 42.6 Å². The lowest BCUT2D eigenvalue weighted by atomic mass is 10.2. The van der Waals surface area contributed by atoms with Crippen molar-refractivity contribution in [3.8, 4) is 16.4 Å². The number of amides is 1. The molecule has 0 saturated heterocycles. The Morgan fingerprint density at radius 1 is 1.26 bits per heavy atom. The molecule has 0 atom stereocenters. The second kappa shape index (κ2) is 7.55. The Bertz CT molecular complexity index is 1040. The van der Waals surface area contributed by atoms with E-state index >= 15 is 0 Å². The first-order valence-electron chi connectivity index (χ1n) is 8.54. The van der Waals surface area contributed by atoms with Crippen LogP contribution < -0.4 is 5.32 Å². The molecule has 0 bridgehead atoms. The summed E-state index contributed by atoms with van der Waals surface area (Å²) in [5.41, 5.74) is 3.26. The van der Waals surface area contributed by atoms with Gasteiger partial charge in [0.25, 0.3) is 5.91 Å². The highest BCUT2D eigenvalue weighted by Crippen LogP contribution is 2.25. The molecule has 7 nitrogen and oxygen atoms in total. The van der Waals surface area contributed by atoms with Gasteiger partial charge in [-0.2, -0.15) is 5.10 Å². The van der Waals surface area contributed by atoms with E-state index in [-0.39, 0.29) is 5.91 Å². The largest absolute Gasteiger partial charge is 0.352 e. The predicted molar refractivity (Wildman–Crippen MR) is 104 cm³/mol. The number of pyridine rings is 1. The van der Waals surface area contributed by atoms with Crippen LogP contribution in [0.4, 0.5) is 0 Å². The highest BCUT2D eigenvalue weighted by molar-refractivity contribution is 7.13. The molecule has 1 amide bonds. The van der Waals surface area contributed by atoms with Crippen LogP contribution in [0.15, 0.2) is 54.4 Å². The number of hydrogen-bond donors (Lipinski definition) is 2. The minimum atomic E-state index is -0.146. The molecule has 0 spiro atoms. The maximum absolute atomic E-state index is 12.5. The van der Waals surface area contributed by atoms with Crippen LogP contribution in [0.5, 0.6) is 0 Å². The number of aromatic amines is 1. The van der Waals surface area contributed by atoms with Gasteiger partial charge in [0.05, 0.1) is 28.7 Å². The number of nitrogens with zero attached hydrogens (tertiary/aromatic N) is 4. The Labute approximate surface area is 160 Å². The Morgan fingerprint density at radius 2 is 2.19 bits per heavy atom. The van der Waals surface area contributed by atoms with Gasteiger partial charge in [-0.05, 0) is 30.5 Å². The summed E-state index contributed by atoms with van der Waals surface area (Å²) in [7, 11) is 0. The van der Waals surface area contributed by atoms with E-state index in [0.29, 0.717) is 24.3 Å². The third-order valence-corrected chi connectivity index (χ3v) is 5.13. The van der Waals surface area contributed by atoms with Crippen LogP contribution in [0.2, 0.25) is 0 Å². The lowest BCUT2D eigenvalue weighted by Crippen LogP contribution is -2.26. The van der Waals surface area contributed by atoms with Crippen LogP contribution >= 0.6 is 11.3 Å². The van der Waals surface area contributed by atoms with Crippen LogP contribution in [0.3, 0.4) is 0 Å².